The van der Waals surface area contributed by atoms with Crippen LogP contribution >= 0.6 is 0 Å². The Morgan fingerprint density at radius 1 is 1.17 bits per heavy atom. The maximum absolute atomic E-state index is 12.8. The summed E-state index contributed by atoms with van der Waals surface area (Å²) in [5, 5.41) is 0. The van der Waals surface area contributed by atoms with Crippen molar-refractivity contribution in [3.63, 3.8) is 0 Å². The number of hydrogen-bond acceptors (Lipinski definition) is 3. The van der Waals surface area contributed by atoms with Crippen LogP contribution in [-0.4, -0.2) is 21.6 Å². The van der Waals surface area contributed by atoms with Crippen molar-refractivity contribution >= 4 is 10.0 Å². The normalized spacial score (nSPS) is 22.8. The van der Waals surface area contributed by atoms with E-state index >= 15 is 0 Å². The van der Waals surface area contributed by atoms with Crippen molar-refractivity contribution in [1.82, 2.24) is 4.72 Å². The highest BCUT2D eigenvalue weighted by Gasteiger charge is 2.28. The minimum absolute atomic E-state index is 0.0361. The van der Waals surface area contributed by atoms with Crippen LogP contribution in [0.15, 0.2) is 23.1 Å². The van der Waals surface area contributed by atoms with E-state index in [0.717, 1.165) is 30.6 Å². The molecule has 1 saturated carbocycles. The molecule has 0 amide bonds. The summed E-state index contributed by atoms with van der Waals surface area (Å²) >= 11 is 0. The average molecular weight is 340 g/mol. The second kappa shape index (κ2) is 6.81. The molecule has 0 bridgehead atoms. The summed E-state index contributed by atoms with van der Waals surface area (Å²) in [7, 11) is -1.89. The van der Waals surface area contributed by atoms with Crippen LogP contribution < -0.4 is 9.46 Å². The molecule has 0 aliphatic heterocycles. The van der Waals surface area contributed by atoms with E-state index in [2.05, 4.69) is 32.4 Å². The zero-order valence-corrected chi connectivity index (χ0v) is 15.7. The molecule has 1 aromatic carbocycles. The largest absolute Gasteiger partial charge is 0.496 e. The third-order valence-electron chi connectivity index (χ3n) is 4.71. The van der Waals surface area contributed by atoms with Gasteiger partial charge in [-0.2, -0.15) is 0 Å². The fraction of sp³-hybridized carbons (Fsp3) is 0.667. The predicted molar refractivity (Wildman–Crippen MR) is 93.4 cm³/mol. The smallest absolute Gasteiger partial charge is 0.240 e. The van der Waals surface area contributed by atoms with Crippen LogP contribution in [0.4, 0.5) is 0 Å². The molecule has 0 aromatic heterocycles. The minimum atomic E-state index is -3.51. The highest BCUT2D eigenvalue weighted by molar-refractivity contribution is 7.89. The van der Waals surface area contributed by atoms with Gasteiger partial charge in [-0.1, -0.05) is 40.5 Å². The third-order valence-corrected chi connectivity index (χ3v) is 6.19. The lowest BCUT2D eigenvalue weighted by atomic mass is 9.86. The van der Waals surface area contributed by atoms with E-state index in [-0.39, 0.29) is 11.5 Å². The molecule has 1 N–H and O–H groups in total. The molecule has 0 heterocycles. The highest BCUT2D eigenvalue weighted by atomic mass is 32.2. The Bertz CT molecular complexity index is 647. The molecule has 1 fully saturated rings. The first-order chi connectivity index (χ1) is 10.6. The van der Waals surface area contributed by atoms with Crippen molar-refractivity contribution in [1.29, 1.82) is 0 Å². The van der Waals surface area contributed by atoms with E-state index in [0.29, 0.717) is 10.8 Å². The van der Waals surface area contributed by atoms with Gasteiger partial charge in [0.1, 0.15) is 5.75 Å². The van der Waals surface area contributed by atoms with Crippen LogP contribution in [0, 0.1) is 5.92 Å². The summed E-state index contributed by atoms with van der Waals surface area (Å²) in [5.74, 6) is 1.11. The van der Waals surface area contributed by atoms with Crippen molar-refractivity contribution in [3.05, 3.63) is 23.8 Å². The Hall–Kier alpha value is -1.07. The van der Waals surface area contributed by atoms with Crippen LogP contribution in [-0.2, 0) is 15.4 Å². The quantitative estimate of drug-likeness (QED) is 0.906. The molecule has 0 spiro atoms. The van der Waals surface area contributed by atoms with Crippen molar-refractivity contribution in [2.24, 2.45) is 5.92 Å². The molecule has 0 saturated heterocycles. The van der Waals surface area contributed by atoms with Gasteiger partial charge in [0.2, 0.25) is 10.0 Å². The molecular weight excluding hydrogens is 310 g/mol. The lowest BCUT2D eigenvalue weighted by molar-refractivity contribution is 0.310. The van der Waals surface area contributed by atoms with E-state index < -0.39 is 10.0 Å². The van der Waals surface area contributed by atoms with E-state index in [4.69, 9.17) is 4.74 Å². The number of rotatable bonds is 4. The van der Waals surface area contributed by atoms with Crippen LogP contribution in [0.3, 0.4) is 0 Å². The molecule has 1 aliphatic rings. The topological polar surface area (TPSA) is 55.4 Å². The van der Waals surface area contributed by atoms with Crippen LogP contribution in [0.5, 0.6) is 5.75 Å². The van der Waals surface area contributed by atoms with Gasteiger partial charge in [0, 0.05) is 11.6 Å². The molecule has 0 unspecified atom stereocenters. The molecule has 2 rings (SSSR count). The van der Waals surface area contributed by atoms with Crippen LogP contribution in [0.1, 0.15) is 58.9 Å². The molecule has 23 heavy (non-hydrogen) atoms. The van der Waals surface area contributed by atoms with Crippen LogP contribution in [0.25, 0.3) is 0 Å². The zero-order chi connectivity index (χ0) is 17.3. The van der Waals surface area contributed by atoms with Gasteiger partial charge in [-0.15, -0.1) is 0 Å². The van der Waals surface area contributed by atoms with E-state index in [9.17, 15) is 8.42 Å². The van der Waals surface area contributed by atoms with Gasteiger partial charge in [0.15, 0.2) is 0 Å². The molecule has 1 aliphatic carbocycles. The monoisotopic (exact) mass is 339 g/mol. The van der Waals surface area contributed by atoms with Crippen molar-refractivity contribution in [2.45, 2.75) is 69.7 Å². The fourth-order valence-electron chi connectivity index (χ4n) is 3.20. The Labute approximate surface area is 140 Å². The Morgan fingerprint density at radius 2 is 1.83 bits per heavy atom. The van der Waals surface area contributed by atoms with Crippen molar-refractivity contribution in [3.8, 4) is 5.75 Å². The predicted octanol–water partition coefficient (Wildman–Crippen LogP) is 3.85. The second-order valence-electron chi connectivity index (χ2n) is 7.60. The van der Waals surface area contributed by atoms with E-state index in [1.54, 1.807) is 25.3 Å². The van der Waals surface area contributed by atoms with Gasteiger partial charge in [-0.05, 0) is 42.4 Å². The first-order valence-corrected chi connectivity index (χ1v) is 9.84. The Morgan fingerprint density at radius 3 is 2.39 bits per heavy atom. The standard InChI is InChI=1S/C18H29NO3S/c1-13-8-6-7-9-16(13)19-23(20,21)14-10-11-17(22-5)15(12-14)18(2,3)4/h10-13,16,19H,6-9H2,1-5H3/t13-,16-/m0/s1. The fourth-order valence-corrected chi connectivity index (χ4v) is 4.60. The third kappa shape index (κ3) is 4.27. The van der Waals surface area contributed by atoms with Gasteiger partial charge in [-0.3, -0.25) is 0 Å². The number of methoxy groups -OCH3 is 1. The zero-order valence-electron chi connectivity index (χ0n) is 14.8. The Balaban J connectivity index is 2.32. The van der Waals surface area contributed by atoms with Gasteiger partial charge >= 0.3 is 0 Å². The number of nitrogens with one attached hydrogen (secondary N) is 1. The van der Waals surface area contributed by atoms with Crippen molar-refractivity contribution in [2.75, 3.05) is 7.11 Å². The molecule has 130 valence electrons. The molecule has 4 nitrogen and oxygen atoms in total. The second-order valence-corrected chi connectivity index (χ2v) is 9.32. The van der Waals surface area contributed by atoms with Gasteiger partial charge < -0.3 is 4.74 Å². The molecule has 2 atom stereocenters. The van der Waals surface area contributed by atoms with Gasteiger partial charge in [0.05, 0.1) is 12.0 Å². The SMILES string of the molecule is COc1ccc(S(=O)(=O)N[C@H]2CCCC[C@@H]2C)cc1C(C)(C)C. The minimum Gasteiger partial charge on any atom is -0.496 e. The van der Waals surface area contributed by atoms with Gasteiger partial charge in [-0.25, -0.2) is 13.1 Å². The summed E-state index contributed by atoms with van der Waals surface area (Å²) in [6.45, 7) is 8.29. The van der Waals surface area contributed by atoms with Crippen molar-refractivity contribution < 1.29 is 13.2 Å². The lowest BCUT2D eigenvalue weighted by Gasteiger charge is -2.29. The number of ether oxygens (including phenoxy) is 1. The van der Waals surface area contributed by atoms with E-state index in [1.807, 2.05) is 0 Å². The molecular formula is C18H29NO3S. The number of sulfonamides is 1. The lowest BCUT2D eigenvalue weighted by Crippen LogP contribution is -2.41. The maximum Gasteiger partial charge on any atom is 0.240 e. The maximum atomic E-state index is 12.8. The average Bonchev–Trinajstić information content (AvgIpc) is 2.48. The van der Waals surface area contributed by atoms with Crippen LogP contribution in [0.2, 0.25) is 0 Å². The summed E-state index contributed by atoms with van der Waals surface area (Å²) < 4.78 is 33.8. The summed E-state index contributed by atoms with van der Waals surface area (Å²) in [6, 6.07) is 5.16. The molecule has 1 aromatic rings. The summed E-state index contributed by atoms with van der Waals surface area (Å²) in [4.78, 5) is 0.320. The first-order valence-electron chi connectivity index (χ1n) is 8.36. The van der Waals surface area contributed by atoms with Gasteiger partial charge in [0.25, 0.3) is 0 Å². The van der Waals surface area contributed by atoms with E-state index in [1.165, 1.54) is 6.42 Å². The Kier molecular flexibility index (Phi) is 5.41. The highest BCUT2D eigenvalue weighted by Crippen LogP contribution is 2.33. The first kappa shape index (κ1) is 18.3. The summed E-state index contributed by atoms with van der Waals surface area (Å²) in [6.07, 6.45) is 4.29. The molecule has 0 radical (unpaired) electrons. The molecule has 5 heteroatoms. The summed E-state index contributed by atoms with van der Waals surface area (Å²) in [5.41, 5.74) is 0.717. The number of benzene rings is 1. The number of hydrogen-bond donors (Lipinski definition) is 1.